The van der Waals surface area contributed by atoms with E-state index in [0.29, 0.717) is 13.1 Å². The van der Waals surface area contributed by atoms with Crippen LogP contribution in [0.3, 0.4) is 0 Å². The van der Waals surface area contributed by atoms with Gasteiger partial charge in [-0.15, -0.1) is 0 Å². The van der Waals surface area contributed by atoms with Gasteiger partial charge >= 0.3 is 0 Å². The normalized spacial score (nSPS) is 13.6. The molecular weight excluding hydrogens is 168 g/mol. The van der Waals surface area contributed by atoms with Crippen LogP contribution in [-0.4, -0.2) is 54.0 Å². The summed E-state index contributed by atoms with van der Waals surface area (Å²) in [6.07, 6.45) is 2.02. The molecule has 0 bridgehead atoms. The van der Waals surface area contributed by atoms with Crippen molar-refractivity contribution >= 4 is 0 Å². The highest BCUT2D eigenvalue weighted by Crippen LogP contribution is 1.97. The molecule has 4 N–H and O–H groups in total. The number of nitrogens with zero attached hydrogens (tertiary/aromatic N) is 1. The van der Waals surface area contributed by atoms with Crippen molar-refractivity contribution in [2.75, 3.05) is 32.8 Å². The van der Waals surface area contributed by atoms with E-state index in [9.17, 15) is 0 Å². The number of rotatable bonds is 8. The molecular formula is C9H22N2O2. The molecule has 0 aromatic rings. The highest BCUT2D eigenvalue weighted by molar-refractivity contribution is 4.59. The third-order valence-corrected chi connectivity index (χ3v) is 1.97. The van der Waals surface area contributed by atoms with Crippen molar-refractivity contribution in [1.82, 2.24) is 4.90 Å². The van der Waals surface area contributed by atoms with E-state index in [4.69, 9.17) is 15.9 Å². The summed E-state index contributed by atoms with van der Waals surface area (Å²) in [5, 5.41) is 17.4. The maximum absolute atomic E-state index is 8.72. The quantitative estimate of drug-likeness (QED) is 0.478. The van der Waals surface area contributed by atoms with E-state index in [-0.39, 0.29) is 19.3 Å². The smallest absolute Gasteiger partial charge is 0.0558 e. The van der Waals surface area contributed by atoms with Crippen LogP contribution in [0.15, 0.2) is 0 Å². The third-order valence-electron chi connectivity index (χ3n) is 1.97. The van der Waals surface area contributed by atoms with Crippen molar-refractivity contribution in [3.05, 3.63) is 0 Å². The first kappa shape index (κ1) is 12.8. The van der Waals surface area contributed by atoms with Gasteiger partial charge < -0.3 is 15.9 Å². The number of aliphatic hydroxyl groups is 2. The van der Waals surface area contributed by atoms with Gasteiger partial charge in [0.15, 0.2) is 0 Å². The first-order valence-corrected chi connectivity index (χ1v) is 4.90. The van der Waals surface area contributed by atoms with E-state index in [0.717, 1.165) is 19.4 Å². The largest absolute Gasteiger partial charge is 0.395 e. The molecule has 0 spiro atoms. The van der Waals surface area contributed by atoms with Crippen LogP contribution >= 0.6 is 0 Å². The molecule has 0 aromatic carbocycles. The molecule has 0 heterocycles. The minimum absolute atomic E-state index is 0.151. The van der Waals surface area contributed by atoms with Gasteiger partial charge in [0.2, 0.25) is 0 Å². The molecule has 0 saturated heterocycles. The highest BCUT2D eigenvalue weighted by atomic mass is 16.3. The summed E-state index contributed by atoms with van der Waals surface area (Å²) in [5.74, 6) is 0. The molecule has 0 fully saturated rings. The summed E-state index contributed by atoms with van der Waals surface area (Å²) >= 11 is 0. The standard InChI is InChI=1S/C9H22N2O2/c1-9(10)3-2-4-11(5-7-12)6-8-13/h9,12-13H,2-8,10H2,1H3/t9-/m0/s1. The topological polar surface area (TPSA) is 69.7 Å². The second-order valence-electron chi connectivity index (χ2n) is 3.41. The second kappa shape index (κ2) is 8.44. The monoisotopic (exact) mass is 190 g/mol. The van der Waals surface area contributed by atoms with Crippen molar-refractivity contribution in [3.8, 4) is 0 Å². The van der Waals surface area contributed by atoms with Crippen LogP contribution in [0.4, 0.5) is 0 Å². The van der Waals surface area contributed by atoms with E-state index >= 15 is 0 Å². The predicted molar refractivity (Wildman–Crippen MR) is 53.5 cm³/mol. The fourth-order valence-electron chi connectivity index (χ4n) is 1.26. The summed E-state index contributed by atoms with van der Waals surface area (Å²) in [7, 11) is 0. The molecule has 0 amide bonds. The predicted octanol–water partition coefficient (Wildman–Crippen LogP) is -0.600. The van der Waals surface area contributed by atoms with Crippen LogP contribution < -0.4 is 5.73 Å². The van der Waals surface area contributed by atoms with Crippen molar-refractivity contribution in [2.45, 2.75) is 25.8 Å². The highest BCUT2D eigenvalue weighted by Gasteiger charge is 2.03. The van der Waals surface area contributed by atoms with Gasteiger partial charge in [0, 0.05) is 19.1 Å². The van der Waals surface area contributed by atoms with Crippen LogP contribution in [0.2, 0.25) is 0 Å². The summed E-state index contributed by atoms with van der Waals surface area (Å²) in [6.45, 7) is 4.47. The fourth-order valence-corrected chi connectivity index (χ4v) is 1.26. The van der Waals surface area contributed by atoms with Crippen LogP contribution in [0.25, 0.3) is 0 Å². The lowest BCUT2D eigenvalue weighted by molar-refractivity contribution is 0.159. The molecule has 4 nitrogen and oxygen atoms in total. The van der Waals surface area contributed by atoms with Gasteiger partial charge in [-0.2, -0.15) is 0 Å². The van der Waals surface area contributed by atoms with E-state index in [1.54, 1.807) is 0 Å². The lowest BCUT2D eigenvalue weighted by atomic mass is 10.2. The zero-order valence-electron chi connectivity index (χ0n) is 8.45. The average molecular weight is 190 g/mol. The van der Waals surface area contributed by atoms with E-state index in [2.05, 4.69) is 0 Å². The zero-order valence-corrected chi connectivity index (χ0v) is 8.45. The summed E-state index contributed by atoms with van der Waals surface area (Å²) in [6, 6.07) is 0.241. The minimum Gasteiger partial charge on any atom is -0.395 e. The Morgan fingerprint density at radius 1 is 1.15 bits per heavy atom. The maximum Gasteiger partial charge on any atom is 0.0558 e. The molecule has 0 rings (SSSR count). The van der Waals surface area contributed by atoms with Crippen molar-refractivity contribution in [2.24, 2.45) is 5.73 Å². The Kier molecular flexibility index (Phi) is 8.33. The number of nitrogens with two attached hydrogens (primary N) is 1. The van der Waals surface area contributed by atoms with Crippen LogP contribution in [0.5, 0.6) is 0 Å². The minimum atomic E-state index is 0.151. The molecule has 13 heavy (non-hydrogen) atoms. The van der Waals surface area contributed by atoms with E-state index in [1.807, 2.05) is 11.8 Å². The average Bonchev–Trinajstić information content (AvgIpc) is 2.04. The first-order chi connectivity index (χ1) is 6.20. The molecule has 0 aromatic heterocycles. The number of hydrogen-bond donors (Lipinski definition) is 3. The van der Waals surface area contributed by atoms with Gasteiger partial charge in [0.1, 0.15) is 0 Å². The maximum atomic E-state index is 8.72. The molecule has 0 radical (unpaired) electrons. The second-order valence-corrected chi connectivity index (χ2v) is 3.41. The van der Waals surface area contributed by atoms with E-state index < -0.39 is 0 Å². The molecule has 4 heteroatoms. The Bertz CT molecular complexity index is 104. The fraction of sp³-hybridized carbons (Fsp3) is 1.00. The summed E-state index contributed by atoms with van der Waals surface area (Å²) in [4.78, 5) is 2.04. The molecule has 80 valence electrons. The van der Waals surface area contributed by atoms with Gasteiger partial charge in [-0.05, 0) is 26.3 Å². The molecule has 0 aliphatic carbocycles. The Morgan fingerprint density at radius 3 is 2.08 bits per heavy atom. The lowest BCUT2D eigenvalue weighted by Gasteiger charge is -2.20. The number of hydrogen-bond acceptors (Lipinski definition) is 4. The van der Waals surface area contributed by atoms with Gasteiger partial charge in [0.05, 0.1) is 13.2 Å². The Labute approximate surface area is 80.3 Å². The van der Waals surface area contributed by atoms with Crippen LogP contribution in [-0.2, 0) is 0 Å². The zero-order chi connectivity index (χ0) is 10.1. The van der Waals surface area contributed by atoms with Gasteiger partial charge in [-0.1, -0.05) is 0 Å². The van der Waals surface area contributed by atoms with Crippen LogP contribution in [0, 0.1) is 0 Å². The molecule has 1 atom stereocenters. The first-order valence-electron chi connectivity index (χ1n) is 4.90. The van der Waals surface area contributed by atoms with Gasteiger partial charge in [-0.3, -0.25) is 4.90 Å². The van der Waals surface area contributed by atoms with E-state index in [1.165, 1.54) is 0 Å². The van der Waals surface area contributed by atoms with Crippen molar-refractivity contribution in [1.29, 1.82) is 0 Å². The Balaban J connectivity index is 3.44. The van der Waals surface area contributed by atoms with Crippen molar-refractivity contribution < 1.29 is 10.2 Å². The van der Waals surface area contributed by atoms with Crippen LogP contribution in [0.1, 0.15) is 19.8 Å². The Hall–Kier alpha value is -0.160. The molecule has 0 aliphatic heterocycles. The third kappa shape index (κ3) is 8.18. The van der Waals surface area contributed by atoms with Crippen molar-refractivity contribution in [3.63, 3.8) is 0 Å². The Morgan fingerprint density at radius 2 is 1.69 bits per heavy atom. The summed E-state index contributed by atoms with van der Waals surface area (Å²) < 4.78 is 0. The van der Waals surface area contributed by atoms with Gasteiger partial charge in [0.25, 0.3) is 0 Å². The number of aliphatic hydroxyl groups excluding tert-OH is 2. The SMILES string of the molecule is C[C@H](N)CCCN(CCO)CCO. The molecule has 0 aliphatic rings. The molecule has 0 unspecified atom stereocenters. The van der Waals surface area contributed by atoms with Gasteiger partial charge in [-0.25, -0.2) is 0 Å². The lowest BCUT2D eigenvalue weighted by Crippen LogP contribution is -2.31. The molecule has 0 saturated carbocycles. The summed E-state index contributed by atoms with van der Waals surface area (Å²) in [5.41, 5.74) is 5.61.